The van der Waals surface area contributed by atoms with Gasteiger partial charge >= 0.3 is 0 Å². The highest BCUT2D eigenvalue weighted by Crippen LogP contribution is 2.15. The zero-order valence-electron chi connectivity index (χ0n) is 11.6. The van der Waals surface area contributed by atoms with Crippen LogP contribution >= 0.6 is 0 Å². The first kappa shape index (κ1) is 15.0. The third kappa shape index (κ3) is 5.04. The van der Waals surface area contributed by atoms with E-state index in [1.165, 1.54) is 0 Å². The number of rotatable bonds is 5. The van der Waals surface area contributed by atoms with Crippen molar-refractivity contribution in [1.29, 1.82) is 0 Å². The molecule has 1 rings (SSSR count). The number of carbonyl (C=O) groups excluding carboxylic acids is 2. The van der Waals surface area contributed by atoms with Crippen LogP contribution in [0.3, 0.4) is 0 Å². The second-order valence-corrected chi connectivity index (χ2v) is 5.25. The highest BCUT2D eigenvalue weighted by Gasteiger charge is 2.27. The number of nitrogens with one attached hydrogen (secondary N) is 3. The number of hydrogen-bond donors (Lipinski definition) is 3. The van der Waals surface area contributed by atoms with Crippen LogP contribution in [0, 0.1) is 5.92 Å². The van der Waals surface area contributed by atoms with Crippen LogP contribution < -0.4 is 16.0 Å². The van der Waals surface area contributed by atoms with Crippen LogP contribution in [0.5, 0.6) is 0 Å². The third-order valence-corrected chi connectivity index (χ3v) is 3.20. The Morgan fingerprint density at radius 3 is 2.72 bits per heavy atom. The Morgan fingerprint density at radius 1 is 1.39 bits per heavy atom. The lowest BCUT2D eigenvalue weighted by Gasteiger charge is -2.28. The molecule has 3 N–H and O–H groups in total. The van der Waals surface area contributed by atoms with Gasteiger partial charge in [0.05, 0.1) is 5.92 Å². The Morgan fingerprint density at radius 2 is 2.11 bits per heavy atom. The number of piperidine rings is 1. The molecule has 0 saturated carbocycles. The van der Waals surface area contributed by atoms with Gasteiger partial charge in [0.2, 0.25) is 11.8 Å². The zero-order chi connectivity index (χ0) is 13.5. The van der Waals surface area contributed by atoms with E-state index in [0.717, 1.165) is 19.4 Å². The van der Waals surface area contributed by atoms with Gasteiger partial charge in [0.15, 0.2) is 0 Å². The first-order chi connectivity index (χ1) is 8.50. The van der Waals surface area contributed by atoms with E-state index in [9.17, 15) is 9.59 Å². The Bertz CT molecular complexity index is 292. The molecule has 1 heterocycles. The van der Waals surface area contributed by atoms with Crippen LogP contribution in [0.4, 0.5) is 0 Å². The average molecular weight is 255 g/mol. The van der Waals surface area contributed by atoms with Crippen molar-refractivity contribution in [3.63, 3.8) is 0 Å². The van der Waals surface area contributed by atoms with Crippen LogP contribution in [0.2, 0.25) is 0 Å². The van der Waals surface area contributed by atoms with Crippen LogP contribution in [-0.2, 0) is 9.59 Å². The topological polar surface area (TPSA) is 70.2 Å². The average Bonchev–Trinajstić information content (AvgIpc) is 2.28. The Kier molecular flexibility index (Phi) is 6.12. The molecule has 104 valence electrons. The summed E-state index contributed by atoms with van der Waals surface area (Å²) >= 11 is 0. The quantitative estimate of drug-likeness (QED) is 0.666. The lowest BCUT2D eigenvalue weighted by atomic mass is 9.91. The van der Waals surface area contributed by atoms with Gasteiger partial charge < -0.3 is 16.0 Å². The minimum Gasteiger partial charge on any atom is -0.355 e. The van der Waals surface area contributed by atoms with Crippen molar-refractivity contribution >= 4 is 11.8 Å². The maximum absolute atomic E-state index is 11.9. The van der Waals surface area contributed by atoms with E-state index < -0.39 is 0 Å². The minimum absolute atomic E-state index is 0.0138. The van der Waals surface area contributed by atoms with Gasteiger partial charge in [-0.15, -0.1) is 0 Å². The van der Waals surface area contributed by atoms with E-state index in [-0.39, 0.29) is 29.8 Å². The fourth-order valence-corrected chi connectivity index (χ4v) is 2.23. The predicted molar refractivity (Wildman–Crippen MR) is 71.1 cm³/mol. The van der Waals surface area contributed by atoms with Crippen molar-refractivity contribution in [1.82, 2.24) is 16.0 Å². The van der Waals surface area contributed by atoms with Gasteiger partial charge in [0, 0.05) is 25.0 Å². The summed E-state index contributed by atoms with van der Waals surface area (Å²) in [4.78, 5) is 23.3. The molecule has 0 bridgehead atoms. The van der Waals surface area contributed by atoms with Gasteiger partial charge in [0.25, 0.3) is 0 Å². The maximum atomic E-state index is 11.9. The SMILES string of the molecule is CC(C)NC(=O)CCNC(=O)C1CCCNC1C. The molecular formula is C13H25N3O2. The summed E-state index contributed by atoms with van der Waals surface area (Å²) in [5, 5.41) is 8.95. The van der Waals surface area contributed by atoms with Gasteiger partial charge in [-0.05, 0) is 40.2 Å². The monoisotopic (exact) mass is 255 g/mol. The third-order valence-electron chi connectivity index (χ3n) is 3.20. The van der Waals surface area contributed by atoms with Crippen LogP contribution in [0.15, 0.2) is 0 Å². The molecule has 18 heavy (non-hydrogen) atoms. The molecule has 0 spiro atoms. The summed E-state index contributed by atoms with van der Waals surface area (Å²) in [5.41, 5.74) is 0. The second-order valence-electron chi connectivity index (χ2n) is 5.25. The lowest BCUT2D eigenvalue weighted by Crippen LogP contribution is -2.47. The van der Waals surface area contributed by atoms with Crippen molar-refractivity contribution < 1.29 is 9.59 Å². The molecule has 1 aliphatic rings. The number of hydrogen-bond acceptors (Lipinski definition) is 3. The number of carbonyl (C=O) groups is 2. The van der Waals surface area contributed by atoms with Gasteiger partial charge in [-0.3, -0.25) is 9.59 Å². The van der Waals surface area contributed by atoms with Crippen molar-refractivity contribution in [3.8, 4) is 0 Å². The summed E-state index contributed by atoms with van der Waals surface area (Å²) in [5.74, 6) is 0.0825. The Labute approximate surface area is 109 Å². The smallest absolute Gasteiger partial charge is 0.224 e. The lowest BCUT2D eigenvalue weighted by molar-refractivity contribution is -0.126. The van der Waals surface area contributed by atoms with Crippen LogP contribution in [0.25, 0.3) is 0 Å². The van der Waals surface area contributed by atoms with Crippen LogP contribution in [0.1, 0.15) is 40.0 Å². The molecule has 2 unspecified atom stereocenters. The number of amides is 2. The fourth-order valence-electron chi connectivity index (χ4n) is 2.23. The fraction of sp³-hybridized carbons (Fsp3) is 0.846. The Balaban J connectivity index is 2.22. The summed E-state index contributed by atoms with van der Waals surface area (Å²) < 4.78 is 0. The highest BCUT2D eigenvalue weighted by molar-refractivity contribution is 5.81. The molecule has 0 radical (unpaired) electrons. The van der Waals surface area contributed by atoms with E-state index in [1.54, 1.807) is 0 Å². The molecule has 5 nitrogen and oxygen atoms in total. The molecular weight excluding hydrogens is 230 g/mol. The van der Waals surface area contributed by atoms with Gasteiger partial charge in [-0.25, -0.2) is 0 Å². The molecule has 0 aromatic heterocycles. The van der Waals surface area contributed by atoms with Crippen molar-refractivity contribution in [2.75, 3.05) is 13.1 Å². The molecule has 2 atom stereocenters. The molecule has 1 saturated heterocycles. The molecule has 0 aromatic carbocycles. The first-order valence-electron chi connectivity index (χ1n) is 6.81. The molecule has 0 aromatic rings. The van der Waals surface area contributed by atoms with Gasteiger partial charge in [-0.2, -0.15) is 0 Å². The summed E-state index contributed by atoms with van der Waals surface area (Å²) in [7, 11) is 0. The minimum atomic E-state index is -0.0138. The molecule has 1 fully saturated rings. The van der Waals surface area contributed by atoms with Crippen molar-refractivity contribution in [2.24, 2.45) is 5.92 Å². The first-order valence-corrected chi connectivity index (χ1v) is 6.81. The van der Waals surface area contributed by atoms with Crippen molar-refractivity contribution in [3.05, 3.63) is 0 Å². The van der Waals surface area contributed by atoms with E-state index in [1.807, 2.05) is 20.8 Å². The molecule has 2 amide bonds. The highest BCUT2D eigenvalue weighted by atomic mass is 16.2. The van der Waals surface area contributed by atoms with E-state index in [4.69, 9.17) is 0 Å². The van der Waals surface area contributed by atoms with E-state index in [0.29, 0.717) is 13.0 Å². The maximum Gasteiger partial charge on any atom is 0.224 e. The largest absolute Gasteiger partial charge is 0.355 e. The van der Waals surface area contributed by atoms with Gasteiger partial charge in [0.1, 0.15) is 0 Å². The van der Waals surface area contributed by atoms with Gasteiger partial charge in [-0.1, -0.05) is 0 Å². The van der Waals surface area contributed by atoms with Crippen molar-refractivity contribution in [2.45, 2.75) is 52.1 Å². The normalized spacial score (nSPS) is 23.8. The second kappa shape index (κ2) is 7.36. The van der Waals surface area contributed by atoms with E-state index in [2.05, 4.69) is 16.0 Å². The predicted octanol–water partition coefficient (Wildman–Crippen LogP) is 0.405. The molecule has 5 heteroatoms. The molecule has 1 aliphatic heterocycles. The Hall–Kier alpha value is -1.10. The summed E-state index contributed by atoms with van der Waals surface area (Å²) in [6.07, 6.45) is 2.31. The standard InChI is InChI=1S/C13H25N3O2/c1-9(2)16-12(17)6-8-15-13(18)11-5-4-7-14-10(11)3/h9-11,14H,4-8H2,1-3H3,(H,15,18)(H,16,17). The summed E-state index contributed by atoms with van der Waals surface area (Å²) in [6, 6.07) is 0.374. The summed E-state index contributed by atoms with van der Waals surface area (Å²) in [6.45, 7) is 7.29. The molecule has 0 aliphatic carbocycles. The van der Waals surface area contributed by atoms with E-state index >= 15 is 0 Å². The zero-order valence-corrected chi connectivity index (χ0v) is 11.6. The van der Waals surface area contributed by atoms with Crippen LogP contribution in [-0.4, -0.2) is 37.0 Å².